The minimum Gasteiger partial charge on any atom is -0.382 e. The average Bonchev–Trinajstić information content (AvgIpc) is 3.33. The van der Waals surface area contributed by atoms with Crippen molar-refractivity contribution >= 4 is 22.5 Å². The van der Waals surface area contributed by atoms with Crippen molar-refractivity contribution in [1.29, 1.82) is 0 Å². The summed E-state index contributed by atoms with van der Waals surface area (Å²) in [5.74, 6) is 0.122. The Morgan fingerprint density at radius 2 is 1.84 bits per heavy atom. The van der Waals surface area contributed by atoms with Gasteiger partial charge in [0.15, 0.2) is 5.82 Å². The third kappa shape index (κ3) is 4.38. The zero-order valence-electron chi connectivity index (χ0n) is 20.3. The van der Waals surface area contributed by atoms with Gasteiger partial charge in [0, 0.05) is 31.0 Å². The SMILES string of the molecule is Nc1nccc2c1ncn2Cc1cc(-c2ccc(F)cc2)ncc1N1CCCC(N)(c2ccccn2)C1. The molecule has 1 fully saturated rings. The van der Waals surface area contributed by atoms with Crippen molar-refractivity contribution < 1.29 is 4.39 Å². The summed E-state index contributed by atoms with van der Waals surface area (Å²) in [6.45, 7) is 2.03. The number of nitrogens with two attached hydrogens (primary N) is 2. The minimum absolute atomic E-state index is 0.279. The number of rotatable bonds is 5. The van der Waals surface area contributed by atoms with Crippen LogP contribution in [0.3, 0.4) is 0 Å². The second-order valence-electron chi connectivity index (χ2n) is 9.54. The zero-order chi connectivity index (χ0) is 25.4. The minimum atomic E-state index is -0.561. The van der Waals surface area contributed by atoms with Crippen molar-refractivity contribution in [3.05, 3.63) is 96.6 Å². The van der Waals surface area contributed by atoms with Gasteiger partial charge < -0.3 is 20.9 Å². The van der Waals surface area contributed by atoms with E-state index in [-0.39, 0.29) is 5.82 Å². The molecule has 37 heavy (non-hydrogen) atoms. The van der Waals surface area contributed by atoms with E-state index < -0.39 is 5.54 Å². The van der Waals surface area contributed by atoms with Gasteiger partial charge in [-0.3, -0.25) is 9.97 Å². The molecule has 5 heterocycles. The van der Waals surface area contributed by atoms with Crippen LogP contribution in [0.15, 0.2) is 79.5 Å². The topological polar surface area (TPSA) is 112 Å². The molecule has 4 N–H and O–H groups in total. The standard InChI is InChI=1S/C28H27FN8/c29-21-7-5-19(6-8-21)22-14-20(16-37-18-35-26-23(37)9-12-33-27(26)30)24(15-34-22)36-13-3-10-28(31,17-36)25-4-1-2-11-32-25/h1-2,4-9,11-12,14-15,18H,3,10,13,16-17,31H2,(H2,30,33). The number of hydrogen-bond acceptors (Lipinski definition) is 7. The maximum absolute atomic E-state index is 13.6. The quantitative estimate of drug-likeness (QED) is 0.378. The van der Waals surface area contributed by atoms with Gasteiger partial charge in [-0.05, 0) is 66.9 Å². The molecule has 0 bridgehead atoms. The Bertz CT molecular complexity index is 1550. The van der Waals surface area contributed by atoms with Gasteiger partial charge in [0.25, 0.3) is 0 Å². The number of benzene rings is 1. The van der Waals surface area contributed by atoms with Crippen molar-refractivity contribution in [2.24, 2.45) is 5.73 Å². The van der Waals surface area contributed by atoms with E-state index in [1.165, 1.54) is 12.1 Å². The lowest BCUT2D eigenvalue weighted by Gasteiger charge is -2.41. The Morgan fingerprint density at radius 3 is 2.65 bits per heavy atom. The van der Waals surface area contributed by atoms with Crippen LogP contribution in [0.1, 0.15) is 24.1 Å². The highest BCUT2D eigenvalue weighted by atomic mass is 19.1. The molecule has 4 aromatic heterocycles. The molecule has 1 saturated heterocycles. The van der Waals surface area contributed by atoms with E-state index in [0.29, 0.717) is 24.4 Å². The monoisotopic (exact) mass is 494 g/mol. The molecule has 6 rings (SSSR count). The van der Waals surface area contributed by atoms with Crippen LogP contribution in [0.2, 0.25) is 0 Å². The normalized spacial score (nSPS) is 17.8. The molecule has 9 heteroatoms. The van der Waals surface area contributed by atoms with E-state index >= 15 is 0 Å². The van der Waals surface area contributed by atoms with E-state index in [9.17, 15) is 4.39 Å². The molecular weight excluding hydrogens is 467 g/mol. The molecule has 8 nitrogen and oxygen atoms in total. The van der Waals surface area contributed by atoms with Crippen LogP contribution < -0.4 is 16.4 Å². The molecule has 0 saturated carbocycles. The molecule has 5 aromatic rings. The Labute approximate surface area is 213 Å². The number of fused-ring (bicyclic) bond motifs is 1. The van der Waals surface area contributed by atoms with Gasteiger partial charge in [-0.2, -0.15) is 0 Å². The Balaban J connectivity index is 1.41. The summed E-state index contributed by atoms with van der Waals surface area (Å²) in [7, 11) is 0. The second kappa shape index (κ2) is 9.25. The van der Waals surface area contributed by atoms with Gasteiger partial charge >= 0.3 is 0 Å². The Hall–Kier alpha value is -4.37. The van der Waals surface area contributed by atoms with Gasteiger partial charge in [-0.1, -0.05) is 6.07 Å². The van der Waals surface area contributed by atoms with Gasteiger partial charge in [-0.15, -0.1) is 0 Å². The summed E-state index contributed by atoms with van der Waals surface area (Å²) >= 11 is 0. The van der Waals surface area contributed by atoms with Crippen LogP contribution in [0.25, 0.3) is 22.3 Å². The fourth-order valence-corrected chi connectivity index (χ4v) is 5.16. The average molecular weight is 495 g/mol. The number of piperidine rings is 1. The molecule has 0 spiro atoms. The number of nitrogen functional groups attached to an aromatic ring is 1. The van der Waals surface area contributed by atoms with Crippen molar-refractivity contribution in [2.75, 3.05) is 23.7 Å². The third-order valence-electron chi connectivity index (χ3n) is 7.05. The summed E-state index contributed by atoms with van der Waals surface area (Å²) in [6.07, 6.45) is 8.94. The van der Waals surface area contributed by atoms with Crippen LogP contribution in [0.5, 0.6) is 0 Å². The summed E-state index contributed by atoms with van der Waals surface area (Å²) in [5.41, 5.74) is 18.5. The number of nitrogens with zero attached hydrogens (tertiary/aromatic N) is 6. The number of pyridine rings is 3. The number of hydrogen-bond donors (Lipinski definition) is 2. The molecule has 0 amide bonds. The van der Waals surface area contributed by atoms with E-state index in [1.807, 2.05) is 30.5 Å². The summed E-state index contributed by atoms with van der Waals surface area (Å²) in [4.78, 5) is 20.3. The molecule has 0 radical (unpaired) electrons. The van der Waals surface area contributed by atoms with Crippen molar-refractivity contribution in [3.63, 3.8) is 0 Å². The highest BCUT2D eigenvalue weighted by Gasteiger charge is 2.35. The van der Waals surface area contributed by atoms with Gasteiger partial charge in [0.05, 0.1) is 47.2 Å². The Kier molecular flexibility index (Phi) is 5.77. The maximum atomic E-state index is 13.6. The first-order valence-electron chi connectivity index (χ1n) is 12.3. The van der Waals surface area contributed by atoms with Crippen LogP contribution in [0.4, 0.5) is 15.9 Å². The summed E-state index contributed by atoms with van der Waals surface area (Å²) in [5, 5.41) is 0. The smallest absolute Gasteiger partial charge is 0.151 e. The largest absolute Gasteiger partial charge is 0.382 e. The van der Waals surface area contributed by atoms with Crippen LogP contribution in [-0.2, 0) is 12.1 Å². The first kappa shape index (κ1) is 23.1. The molecule has 1 aromatic carbocycles. The number of halogens is 1. The first-order chi connectivity index (χ1) is 18.0. The van der Waals surface area contributed by atoms with Crippen molar-refractivity contribution in [2.45, 2.75) is 24.9 Å². The predicted octanol–water partition coefficient (Wildman–Crippen LogP) is 4.11. The van der Waals surface area contributed by atoms with E-state index in [4.69, 9.17) is 16.5 Å². The van der Waals surface area contributed by atoms with Crippen molar-refractivity contribution in [1.82, 2.24) is 24.5 Å². The lowest BCUT2D eigenvalue weighted by atomic mass is 9.86. The maximum Gasteiger partial charge on any atom is 0.151 e. The summed E-state index contributed by atoms with van der Waals surface area (Å²) < 4.78 is 15.6. The molecule has 0 aliphatic carbocycles. The zero-order valence-corrected chi connectivity index (χ0v) is 20.3. The van der Waals surface area contributed by atoms with Crippen LogP contribution >= 0.6 is 0 Å². The number of aromatic nitrogens is 5. The lowest BCUT2D eigenvalue weighted by molar-refractivity contribution is 0.345. The predicted molar refractivity (Wildman–Crippen MR) is 142 cm³/mol. The molecule has 1 unspecified atom stereocenters. The number of imidazole rings is 1. The highest BCUT2D eigenvalue weighted by molar-refractivity contribution is 5.84. The van der Waals surface area contributed by atoms with Crippen LogP contribution in [-0.4, -0.2) is 37.6 Å². The van der Waals surface area contributed by atoms with E-state index in [0.717, 1.165) is 53.1 Å². The first-order valence-corrected chi connectivity index (χ1v) is 12.3. The number of anilines is 2. The molecule has 1 aliphatic rings. The lowest BCUT2D eigenvalue weighted by Crippen LogP contribution is -2.52. The van der Waals surface area contributed by atoms with Gasteiger partial charge in [0.2, 0.25) is 0 Å². The molecular formula is C28H27FN8. The molecule has 1 aliphatic heterocycles. The van der Waals surface area contributed by atoms with Crippen molar-refractivity contribution in [3.8, 4) is 11.3 Å². The summed E-state index contributed by atoms with van der Waals surface area (Å²) in [6, 6.07) is 16.2. The molecule has 1 atom stereocenters. The van der Waals surface area contributed by atoms with Crippen LogP contribution in [0, 0.1) is 5.82 Å². The van der Waals surface area contributed by atoms with E-state index in [1.54, 1.807) is 30.9 Å². The van der Waals surface area contributed by atoms with Gasteiger partial charge in [0.1, 0.15) is 11.3 Å². The third-order valence-corrected chi connectivity index (χ3v) is 7.05. The Morgan fingerprint density at radius 1 is 0.973 bits per heavy atom. The van der Waals surface area contributed by atoms with E-state index in [2.05, 4.69) is 30.5 Å². The molecule has 186 valence electrons. The fourth-order valence-electron chi connectivity index (χ4n) is 5.16. The highest BCUT2D eigenvalue weighted by Crippen LogP contribution is 2.34. The fraction of sp³-hybridized carbons (Fsp3) is 0.214. The second-order valence-corrected chi connectivity index (χ2v) is 9.54. The van der Waals surface area contributed by atoms with Gasteiger partial charge in [-0.25, -0.2) is 14.4 Å².